The van der Waals surface area contributed by atoms with E-state index in [0.717, 1.165) is 23.7 Å². The number of hydrogen-bond acceptors (Lipinski definition) is 3. The fraction of sp³-hybridized carbons (Fsp3) is 0.412. The number of nitrogens with zero attached hydrogens (tertiary/aromatic N) is 5. The minimum atomic E-state index is 0.210. The molecule has 0 aliphatic rings. The Balaban J connectivity index is 2.58. The number of anilines is 1. The summed E-state index contributed by atoms with van der Waals surface area (Å²) in [6, 6.07) is 7.92. The molecule has 0 saturated carbocycles. The lowest BCUT2D eigenvalue weighted by Gasteiger charge is -2.22. The summed E-state index contributed by atoms with van der Waals surface area (Å²) < 4.78 is 0. The summed E-state index contributed by atoms with van der Waals surface area (Å²) in [5.74, 6) is 0. The van der Waals surface area contributed by atoms with Crippen LogP contribution in [0.4, 0.5) is 5.69 Å². The van der Waals surface area contributed by atoms with Crippen LogP contribution in [0.3, 0.4) is 0 Å². The van der Waals surface area contributed by atoms with Crippen molar-refractivity contribution in [3.8, 4) is 0 Å². The van der Waals surface area contributed by atoms with Crippen molar-refractivity contribution in [2.75, 3.05) is 18.9 Å². The number of benzene rings is 1. The van der Waals surface area contributed by atoms with Gasteiger partial charge in [-0.15, -0.1) is 5.10 Å². The second kappa shape index (κ2) is 11.3. The van der Waals surface area contributed by atoms with E-state index in [1.807, 2.05) is 45.2 Å². The highest BCUT2D eigenvalue weighted by atomic mass is 35.5. The van der Waals surface area contributed by atoms with Crippen LogP contribution >= 0.6 is 11.6 Å². The van der Waals surface area contributed by atoms with Gasteiger partial charge in [0.15, 0.2) is 0 Å². The Labute approximate surface area is 149 Å². The molecule has 130 valence electrons. The quantitative estimate of drug-likeness (QED) is 0.229. The average Bonchev–Trinajstić information content (AvgIpc) is 2.59. The van der Waals surface area contributed by atoms with Crippen LogP contribution in [0.25, 0.3) is 0 Å². The monoisotopic (exact) mass is 348 g/mol. The molecule has 7 heteroatoms. The van der Waals surface area contributed by atoms with Gasteiger partial charge < -0.3 is 5.32 Å². The Morgan fingerprint density at radius 1 is 1.29 bits per heavy atom. The minimum absolute atomic E-state index is 0.210. The summed E-state index contributed by atoms with van der Waals surface area (Å²) in [4.78, 5) is 3.81. The van der Waals surface area contributed by atoms with Crippen molar-refractivity contribution in [2.45, 2.75) is 33.2 Å². The second-order valence-corrected chi connectivity index (χ2v) is 5.66. The highest BCUT2D eigenvalue weighted by Crippen LogP contribution is 2.18. The number of allylic oxidation sites excluding steroid dienone is 1. The highest BCUT2D eigenvalue weighted by Gasteiger charge is 2.11. The van der Waals surface area contributed by atoms with Crippen molar-refractivity contribution in [3.05, 3.63) is 40.9 Å². The van der Waals surface area contributed by atoms with E-state index in [1.165, 1.54) is 11.9 Å². The molecule has 0 saturated heterocycles. The molecule has 0 heterocycles. The maximum atomic E-state index is 5.93. The standard InChI is InChI=1S/C17H25ClN6/c1-5-14(3)17(21-16-9-7-15(18)8-10-16)11-12-24(4)23-22-20-13-19-6-2/h5-10,13,17,21H,11-12H2,1-4H3/b14-5+,19-6-,20-13-,23-22-. The summed E-state index contributed by atoms with van der Waals surface area (Å²) >= 11 is 5.93. The van der Waals surface area contributed by atoms with E-state index in [1.54, 1.807) is 11.2 Å². The first-order valence-electron chi connectivity index (χ1n) is 7.83. The maximum absolute atomic E-state index is 5.93. The van der Waals surface area contributed by atoms with Crippen molar-refractivity contribution in [2.24, 2.45) is 20.5 Å². The van der Waals surface area contributed by atoms with Crippen LogP contribution in [-0.4, -0.2) is 37.2 Å². The first-order chi connectivity index (χ1) is 11.6. The lowest BCUT2D eigenvalue weighted by atomic mass is 10.0. The average molecular weight is 349 g/mol. The first kappa shape index (κ1) is 19.8. The maximum Gasteiger partial charge on any atom is 0.139 e. The number of rotatable bonds is 9. The Kier molecular flexibility index (Phi) is 9.38. The molecule has 1 N–H and O–H groups in total. The summed E-state index contributed by atoms with van der Waals surface area (Å²) in [6.07, 6.45) is 5.98. The minimum Gasteiger partial charge on any atom is -0.379 e. The van der Waals surface area contributed by atoms with E-state index in [9.17, 15) is 0 Å². The molecule has 1 atom stereocenters. The SMILES string of the molecule is C\C=N/C=N\N=N/N(C)CCC(Nc1ccc(Cl)cc1)/C(C)=C/C. The van der Waals surface area contributed by atoms with Gasteiger partial charge in [-0.05, 0) is 56.7 Å². The Hall–Kier alpha value is -2.21. The predicted octanol–water partition coefficient (Wildman–Crippen LogP) is 4.81. The molecule has 0 spiro atoms. The molecule has 24 heavy (non-hydrogen) atoms. The molecule has 0 bridgehead atoms. The van der Waals surface area contributed by atoms with E-state index >= 15 is 0 Å². The number of nitrogens with one attached hydrogen (secondary N) is 1. The van der Waals surface area contributed by atoms with Crippen LogP contribution in [0, 0.1) is 0 Å². The van der Waals surface area contributed by atoms with Crippen molar-refractivity contribution in [1.82, 2.24) is 5.01 Å². The normalized spacial score (nSPS) is 14.0. The van der Waals surface area contributed by atoms with Gasteiger partial charge in [-0.3, -0.25) is 5.01 Å². The Bertz CT molecular complexity index is 592. The number of aliphatic imine (C=N–C) groups is 1. The molecule has 6 nitrogen and oxygen atoms in total. The first-order valence-corrected chi connectivity index (χ1v) is 8.21. The van der Waals surface area contributed by atoms with Gasteiger partial charge in [-0.2, -0.15) is 0 Å². The molecule has 1 unspecified atom stereocenters. The van der Waals surface area contributed by atoms with Crippen LogP contribution in [0.2, 0.25) is 5.02 Å². The molecular formula is C17H25ClN6. The Morgan fingerprint density at radius 3 is 2.62 bits per heavy atom. The summed E-state index contributed by atoms with van der Waals surface area (Å²) in [5.41, 5.74) is 2.31. The van der Waals surface area contributed by atoms with E-state index in [2.05, 4.69) is 38.9 Å². The van der Waals surface area contributed by atoms with E-state index < -0.39 is 0 Å². The summed E-state index contributed by atoms with van der Waals surface area (Å²) in [6.45, 7) is 6.71. The molecule has 0 aliphatic carbocycles. The van der Waals surface area contributed by atoms with Gasteiger partial charge in [0, 0.05) is 36.6 Å². The van der Waals surface area contributed by atoms with Crippen LogP contribution < -0.4 is 5.32 Å². The molecule has 0 aromatic heterocycles. The predicted molar refractivity (Wildman–Crippen MR) is 103 cm³/mol. The van der Waals surface area contributed by atoms with Gasteiger partial charge in [0.2, 0.25) is 0 Å². The summed E-state index contributed by atoms with van der Waals surface area (Å²) in [7, 11) is 1.87. The summed E-state index contributed by atoms with van der Waals surface area (Å²) in [5, 5.41) is 17.4. The lowest BCUT2D eigenvalue weighted by molar-refractivity contribution is 0.318. The molecule has 1 rings (SSSR count). The van der Waals surface area contributed by atoms with Gasteiger partial charge in [-0.1, -0.05) is 28.5 Å². The van der Waals surface area contributed by atoms with Gasteiger partial charge >= 0.3 is 0 Å². The third-order valence-electron chi connectivity index (χ3n) is 3.44. The van der Waals surface area contributed by atoms with E-state index in [-0.39, 0.29) is 6.04 Å². The molecule has 0 aliphatic heterocycles. The van der Waals surface area contributed by atoms with Crippen molar-refractivity contribution >= 4 is 29.8 Å². The zero-order valence-electron chi connectivity index (χ0n) is 14.6. The second-order valence-electron chi connectivity index (χ2n) is 5.22. The highest BCUT2D eigenvalue weighted by molar-refractivity contribution is 6.30. The van der Waals surface area contributed by atoms with Crippen molar-refractivity contribution in [1.29, 1.82) is 0 Å². The molecule has 0 amide bonds. The third kappa shape index (κ3) is 7.87. The van der Waals surface area contributed by atoms with Gasteiger partial charge in [-0.25, -0.2) is 4.99 Å². The molecular weight excluding hydrogens is 324 g/mol. The van der Waals surface area contributed by atoms with Gasteiger partial charge in [0.1, 0.15) is 6.34 Å². The van der Waals surface area contributed by atoms with Crippen LogP contribution in [0.15, 0.2) is 56.5 Å². The zero-order valence-corrected chi connectivity index (χ0v) is 15.4. The van der Waals surface area contributed by atoms with E-state index in [0.29, 0.717) is 0 Å². The largest absolute Gasteiger partial charge is 0.379 e. The fourth-order valence-electron chi connectivity index (χ4n) is 1.93. The van der Waals surface area contributed by atoms with E-state index in [4.69, 9.17) is 11.6 Å². The van der Waals surface area contributed by atoms with Crippen molar-refractivity contribution < 1.29 is 0 Å². The van der Waals surface area contributed by atoms with Crippen molar-refractivity contribution in [3.63, 3.8) is 0 Å². The lowest BCUT2D eigenvalue weighted by Crippen LogP contribution is -2.26. The fourth-order valence-corrected chi connectivity index (χ4v) is 2.06. The zero-order chi connectivity index (χ0) is 17.8. The number of hydrogen-bond donors (Lipinski definition) is 1. The molecule has 1 aromatic rings. The Morgan fingerprint density at radius 2 is 2.00 bits per heavy atom. The van der Waals surface area contributed by atoms with Crippen LogP contribution in [0.1, 0.15) is 27.2 Å². The molecule has 0 radical (unpaired) electrons. The van der Waals surface area contributed by atoms with Gasteiger partial charge in [0.05, 0.1) is 0 Å². The van der Waals surface area contributed by atoms with Crippen LogP contribution in [0.5, 0.6) is 0 Å². The van der Waals surface area contributed by atoms with Gasteiger partial charge in [0.25, 0.3) is 0 Å². The molecule has 0 fully saturated rings. The topological polar surface area (TPSA) is 64.7 Å². The third-order valence-corrected chi connectivity index (χ3v) is 3.70. The number of halogens is 1. The smallest absolute Gasteiger partial charge is 0.139 e. The van der Waals surface area contributed by atoms with Crippen LogP contribution in [-0.2, 0) is 0 Å². The molecule has 1 aromatic carbocycles.